The van der Waals surface area contributed by atoms with Crippen molar-refractivity contribution in [3.63, 3.8) is 0 Å². The molecule has 0 radical (unpaired) electrons. The second-order valence-corrected chi connectivity index (χ2v) is 4.45. The van der Waals surface area contributed by atoms with Crippen LogP contribution in [0.2, 0.25) is 0 Å². The summed E-state index contributed by atoms with van der Waals surface area (Å²) < 4.78 is 14.4. The van der Waals surface area contributed by atoms with Gasteiger partial charge >= 0.3 is 17.9 Å². The molecule has 0 bridgehead atoms. The SMILES string of the molecule is COC(=O)C1(C(=O)OC)[C@@H](C)[C@]12OC(=O)[C@@H]2C. The maximum atomic E-state index is 11.9. The van der Waals surface area contributed by atoms with Gasteiger partial charge in [0.1, 0.15) is 0 Å². The number of esters is 3. The van der Waals surface area contributed by atoms with Gasteiger partial charge in [0.2, 0.25) is 5.41 Å². The van der Waals surface area contributed by atoms with Crippen LogP contribution < -0.4 is 0 Å². The maximum absolute atomic E-state index is 11.9. The predicted octanol–water partition coefficient (Wildman–Crippen LogP) is -0.0998. The molecule has 94 valence electrons. The van der Waals surface area contributed by atoms with Gasteiger partial charge in [-0.2, -0.15) is 0 Å². The summed E-state index contributed by atoms with van der Waals surface area (Å²) in [6.45, 7) is 3.31. The van der Waals surface area contributed by atoms with E-state index in [0.29, 0.717) is 0 Å². The Hall–Kier alpha value is -1.59. The second kappa shape index (κ2) is 3.21. The molecule has 2 rings (SSSR count). The van der Waals surface area contributed by atoms with E-state index in [1.807, 2.05) is 0 Å². The number of carbonyl (C=O) groups excluding carboxylic acids is 3. The Morgan fingerprint density at radius 2 is 1.65 bits per heavy atom. The van der Waals surface area contributed by atoms with Crippen molar-refractivity contribution >= 4 is 17.9 Å². The molecule has 1 saturated heterocycles. The number of rotatable bonds is 2. The van der Waals surface area contributed by atoms with E-state index < -0.39 is 40.8 Å². The summed E-state index contributed by atoms with van der Waals surface area (Å²) in [5, 5.41) is 0. The fourth-order valence-electron chi connectivity index (χ4n) is 3.08. The molecule has 1 aliphatic heterocycles. The van der Waals surface area contributed by atoms with E-state index >= 15 is 0 Å². The minimum absolute atomic E-state index is 0.411. The van der Waals surface area contributed by atoms with Crippen molar-refractivity contribution in [2.75, 3.05) is 14.2 Å². The van der Waals surface area contributed by atoms with Gasteiger partial charge < -0.3 is 14.2 Å². The van der Waals surface area contributed by atoms with Crippen LogP contribution in [-0.4, -0.2) is 37.7 Å². The van der Waals surface area contributed by atoms with Crippen molar-refractivity contribution in [2.24, 2.45) is 17.3 Å². The third-order valence-electron chi connectivity index (χ3n) is 4.11. The number of hydrogen-bond acceptors (Lipinski definition) is 6. The second-order valence-electron chi connectivity index (χ2n) is 4.45. The van der Waals surface area contributed by atoms with Crippen LogP contribution in [0.25, 0.3) is 0 Å². The zero-order valence-electron chi connectivity index (χ0n) is 10.1. The molecule has 6 nitrogen and oxygen atoms in total. The molecule has 1 aliphatic carbocycles. The topological polar surface area (TPSA) is 78.9 Å². The number of methoxy groups -OCH3 is 2. The molecule has 0 N–H and O–H groups in total. The Kier molecular flexibility index (Phi) is 2.24. The first-order valence-corrected chi connectivity index (χ1v) is 5.30. The highest BCUT2D eigenvalue weighted by molar-refractivity contribution is 6.09. The molecule has 2 fully saturated rings. The molecular formula is C11H14O6. The van der Waals surface area contributed by atoms with Crippen LogP contribution in [0.5, 0.6) is 0 Å². The lowest BCUT2D eigenvalue weighted by Crippen LogP contribution is -2.54. The van der Waals surface area contributed by atoms with Crippen LogP contribution in [0.15, 0.2) is 0 Å². The van der Waals surface area contributed by atoms with Gasteiger partial charge in [0.05, 0.1) is 20.1 Å². The summed E-state index contributed by atoms with van der Waals surface area (Å²) >= 11 is 0. The summed E-state index contributed by atoms with van der Waals surface area (Å²) in [7, 11) is 2.38. The average Bonchev–Trinajstić information content (AvgIpc) is 2.91. The van der Waals surface area contributed by atoms with Gasteiger partial charge in [-0.3, -0.25) is 14.4 Å². The van der Waals surface area contributed by atoms with E-state index in [2.05, 4.69) is 9.47 Å². The Balaban J connectivity index is 2.43. The third kappa shape index (κ3) is 0.947. The molecule has 2 aliphatic rings. The van der Waals surface area contributed by atoms with Crippen LogP contribution in [0.1, 0.15) is 13.8 Å². The quantitative estimate of drug-likeness (QED) is 0.382. The Labute approximate surface area is 98.2 Å². The van der Waals surface area contributed by atoms with Gasteiger partial charge in [0.15, 0.2) is 5.60 Å². The maximum Gasteiger partial charge on any atom is 0.327 e. The first kappa shape index (κ1) is 11.9. The van der Waals surface area contributed by atoms with E-state index in [1.165, 1.54) is 14.2 Å². The fraction of sp³-hybridized carbons (Fsp3) is 0.727. The predicted molar refractivity (Wildman–Crippen MR) is 53.6 cm³/mol. The number of hydrogen-bond donors (Lipinski definition) is 0. The first-order valence-electron chi connectivity index (χ1n) is 5.30. The van der Waals surface area contributed by atoms with Crippen molar-refractivity contribution in [1.29, 1.82) is 0 Å². The molecule has 6 heteroatoms. The molecular weight excluding hydrogens is 228 g/mol. The molecule has 0 aromatic heterocycles. The van der Waals surface area contributed by atoms with Gasteiger partial charge in [-0.25, -0.2) is 0 Å². The van der Waals surface area contributed by atoms with Crippen LogP contribution in [0.3, 0.4) is 0 Å². The van der Waals surface area contributed by atoms with E-state index in [1.54, 1.807) is 13.8 Å². The molecule has 1 spiro atoms. The van der Waals surface area contributed by atoms with E-state index in [9.17, 15) is 14.4 Å². The van der Waals surface area contributed by atoms with Gasteiger partial charge in [0.25, 0.3) is 0 Å². The summed E-state index contributed by atoms with van der Waals surface area (Å²) in [4.78, 5) is 34.9. The van der Waals surface area contributed by atoms with Gasteiger partial charge in [-0.1, -0.05) is 6.92 Å². The minimum Gasteiger partial charge on any atom is -0.468 e. The van der Waals surface area contributed by atoms with E-state index in [4.69, 9.17) is 4.74 Å². The summed E-state index contributed by atoms with van der Waals surface area (Å²) in [5.41, 5.74) is -2.58. The van der Waals surface area contributed by atoms with Gasteiger partial charge in [-0.15, -0.1) is 0 Å². The lowest BCUT2D eigenvalue weighted by molar-refractivity contribution is -0.201. The Bertz CT molecular complexity index is 398. The van der Waals surface area contributed by atoms with Crippen LogP contribution in [0.4, 0.5) is 0 Å². The number of carbonyl (C=O) groups is 3. The van der Waals surface area contributed by atoms with Crippen molar-refractivity contribution in [3.8, 4) is 0 Å². The molecule has 0 aromatic rings. The summed E-state index contributed by atoms with van der Waals surface area (Å²) in [6, 6.07) is 0. The lowest BCUT2D eigenvalue weighted by Gasteiger charge is -2.36. The van der Waals surface area contributed by atoms with Crippen LogP contribution in [0, 0.1) is 17.3 Å². The highest BCUT2D eigenvalue weighted by atomic mass is 16.6. The zero-order chi connectivity index (χ0) is 13.0. The molecule has 0 aromatic carbocycles. The molecule has 1 heterocycles. The molecule has 0 amide bonds. The number of ether oxygens (including phenoxy) is 3. The smallest absolute Gasteiger partial charge is 0.327 e. The minimum atomic E-state index is -1.50. The molecule has 0 unspecified atom stereocenters. The highest BCUT2D eigenvalue weighted by Crippen LogP contribution is 2.72. The van der Waals surface area contributed by atoms with E-state index in [0.717, 1.165) is 0 Å². The van der Waals surface area contributed by atoms with E-state index in [-0.39, 0.29) is 0 Å². The molecule has 3 atom stereocenters. The van der Waals surface area contributed by atoms with Gasteiger partial charge in [-0.05, 0) is 6.92 Å². The van der Waals surface area contributed by atoms with Crippen LogP contribution in [-0.2, 0) is 28.6 Å². The highest BCUT2D eigenvalue weighted by Gasteiger charge is 2.93. The Morgan fingerprint density at radius 1 is 1.18 bits per heavy atom. The zero-order valence-corrected chi connectivity index (χ0v) is 10.1. The normalized spacial score (nSPS) is 36.8. The van der Waals surface area contributed by atoms with Crippen LogP contribution >= 0.6 is 0 Å². The average molecular weight is 242 g/mol. The fourth-order valence-corrected chi connectivity index (χ4v) is 3.08. The van der Waals surface area contributed by atoms with Gasteiger partial charge in [0, 0.05) is 5.92 Å². The molecule has 1 saturated carbocycles. The van der Waals surface area contributed by atoms with Crippen molar-refractivity contribution in [2.45, 2.75) is 19.4 Å². The summed E-state index contributed by atoms with van der Waals surface area (Å²) in [5.74, 6) is -2.77. The first-order chi connectivity index (χ1) is 7.91. The van der Waals surface area contributed by atoms with Crippen molar-refractivity contribution in [1.82, 2.24) is 0 Å². The van der Waals surface area contributed by atoms with Crippen molar-refractivity contribution < 1.29 is 28.6 Å². The van der Waals surface area contributed by atoms with Crippen molar-refractivity contribution in [3.05, 3.63) is 0 Å². The monoisotopic (exact) mass is 242 g/mol. The Morgan fingerprint density at radius 3 is 1.94 bits per heavy atom. The standard InChI is InChI=1S/C11H14O6/c1-5-7(12)17-11(5)6(2)10(11,8(13)15-3)9(14)16-4/h5-6H,1-4H3/t5-,6+,11-/m0/s1. The summed E-state index contributed by atoms with van der Waals surface area (Å²) in [6.07, 6.45) is 0. The lowest BCUT2D eigenvalue weighted by atomic mass is 9.87. The largest absolute Gasteiger partial charge is 0.468 e. The molecule has 17 heavy (non-hydrogen) atoms. The third-order valence-corrected chi connectivity index (χ3v) is 4.11.